The number of carbonyl (C=O) groups excluding carboxylic acids is 1. The van der Waals surface area contributed by atoms with Crippen LogP contribution in [0.4, 0.5) is 10.1 Å². The van der Waals surface area contributed by atoms with Crippen molar-refractivity contribution in [3.8, 4) is 11.3 Å². The Kier molecular flexibility index (Phi) is 3.50. The summed E-state index contributed by atoms with van der Waals surface area (Å²) in [4.78, 5) is 19.7. The summed E-state index contributed by atoms with van der Waals surface area (Å²) < 4.78 is 13.1. The van der Waals surface area contributed by atoms with E-state index in [1.165, 1.54) is 12.1 Å². The van der Waals surface area contributed by atoms with E-state index in [-0.39, 0.29) is 17.4 Å². The van der Waals surface area contributed by atoms with E-state index in [1.807, 2.05) is 6.07 Å². The second-order valence-corrected chi connectivity index (χ2v) is 5.56. The lowest BCUT2D eigenvalue weighted by atomic mass is 10.1. The fourth-order valence-electron chi connectivity index (χ4n) is 2.56. The van der Waals surface area contributed by atoms with Crippen molar-refractivity contribution in [2.75, 3.05) is 5.32 Å². The fourth-order valence-corrected chi connectivity index (χ4v) is 2.56. The van der Waals surface area contributed by atoms with Gasteiger partial charge in [-0.1, -0.05) is 0 Å². The number of aromatic nitrogens is 5. The second kappa shape index (κ2) is 5.82. The van der Waals surface area contributed by atoms with Gasteiger partial charge in [-0.2, -0.15) is 15.4 Å². The molecule has 0 unspecified atom stereocenters. The predicted molar refractivity (Wildman–Crippen MR) is 90.6 cm³/mol. The first-order chi connectivity index (χ1) is 12.1. The summed E-state index contributed by atoms with van der Waals surface area (Å²) in [5, 5.41) is 13.6. The number of hydrogen-bond acceptors (Lipinski definition) is 4. The molecule has 3 heterocycles. The highest BCUT2D eigenvalue weighted by atomic mass is 19.1. The molecule has 0 fully saturated rings. The van der Waals surface area contributed by atoms with E-state index in [9.17, 15) is 9.18 Å². The number of halogens is 1. The van der Waals surface area contributed by atoms with Crippen molar-refractivity contribution in [2.45, 2.75) is 6.92 Å². The summed E-state index contributed by atoms with van der Waals surface area (Å²) in [5.74, 6) is -0.646. The number of pyridine rings is 1. The van der Waals surface area contributed by atoms with Crippen molar-refractivity contribution in [1.82, 2.24) is 25.4 Å². The van der Waals surface area contributed by atoms with Gasteiger partial charge < -0.3 is 10.3 Å². The molecule has 1 amide bonds. The highest BCUT2D eigenvalue weighted by Gasteiger charge is 2.14. The standard InChI is InChI=1S/C17H13FN6O/c1-9-15(23-24-22-9)17(25)20-13-6-11-7-14(21-16(11)19-8-13)10-2-4-12(18)5-3-10/h2-8H,1H3,(H,19,21)(H,20,25)(H,22,23,24). The molecule has 124 valence electrons. The molecule has 0 aliphatic heterocycles. The minimum atomic E-state index is -0.360. The summed E-state index contributed by atoms with van der Waals surface area (Å²) in [6.07, 6.45) is 1.56. The Morgan fingerprint density at radius 1 is 1.16 bits per heavy atom. The average molecular weight is 336 g/mol. The van der Waals surface area contributed by atoms with Crippen molar-refractivity contribution >= 4 is 22.6 Å². The molecule has 8 heteroatoms. The first-order valence-electron chi connectivity index (χ1n) is 7.53. The number of rotatable bonds is 3. The maximum Gasteiger partial charge on any atom is 0.278 e. The molecule has 0 saturated heterocycles. The number of nitrogens with zero attached hydrogens (tertiary/aromatic N) is 3. The third kappa shape index (κ3) is 2.85. The summed E-state index contributed by atoms with van der Waals surface area (Å²) in [5.41, 5.74) is 3.65. The number of anilines is 1. The van der Waals surface area contributed by atoms with E-state index in [4.69, 9.17) is 0 Å². The number of amides is 1. The Morgan fingerprint density at radius 3 is 2.68 bits per heavy atom. The van der Waals surface area contributed by atoms with E-state index in [1.54, 1.807) is 31.3 Å². The third-order valence-corrected chi connectivity index (χ3v) is 3.82. The van der Waals surface area contributed by atoms with Crippen LogP contribution in [0.25, 0.3) is 22.3 Å². The van der Waals surface area contributed by atoms with E-state index < -0.39 is 0 Å². The summed E-state index contributed by atoms with van der Waals surface area (Å²) >= 11 is 0. The number of nitrogens with one attached hydrogen (secondary N) is 3. The van der Waals surface area contributed by atoms with Gasteiger partial charge in [-0.05, 0) is 48.9 Å². The smallest absolute Gasteiger partial charge is 0.278 e. The molecule has 4 aromatic rings. The van der Waals surface area contributed by atoms with Crippen LogP contribution in [-0.2, 0) is 0 Å². The molecular formula is C17H13FN6O. The highest BCUT2D eigenvalue weighted by molar-refractivity contribution is 6.04. The molecule has 0 spiro atoms. The SMILES string of the molecule is Cc1n[nH]nc1C(=O)Nc1cnc2[nH]c(-c3ccc(F)cc3)cc2c1. The van der Waals surface area contributed by atoms with Gasteiger partial charge in [0.2, 0.25) is 0 Å². The van der Waals surface area contributed by atoms with E-state index >= 15 is 0 Å². The van der Waals surface area contributed by atoms with Crippen molar-refractivity contribution < 1.29 is 9.18 Å². The van der Waals surface area contributed by atoms with Crippen LogP contribution >= 0.6 is 0 Å². The zero-order valence-corrected chi connectivity index (χ0v) is 13.2. The van der Waals surface area contributed by atoms with Gasteiger partial charge in [0.15, 0.2) is 5.69 Å². The van der Waals surface area contributed by atoms with Crippen LogP contribution in [0.15, 0.2) is 42.6 Å². The van der Waals surface area contributed by atoms with Crippen molar-refractivity contribution in [3.63, 3.8) is 0 Å². The molecule has 0 bridgehead atoms. The molecule has 25 heavy (non-hydrogen) atoms. The van der Waals surface area contributed by atoms with Crippen LogP contribution in [0.5, 0.6) is 0 Å². The Hall–Kier alpha value is -3.55. The van der Waals surface area contributed by atoms with Crippen LogP contribution in [0.3, 0.4) is 0 Å². The van der Waals surface area contributed by atoms with Gasteiger partial charge in [0.1, 0.15) is 11.5 Å². The van der Waals surface area contributed by atoms with E-state index in [0.717, 1.165) is 16.6 Å². The first-order valence-corrected chi connectivity index (χ1v) is 7.53. The van der Waals surface area contributed by atoms with Crippen LogP contribution in [0.2, 0.25) is 0 Å². The molecule has 4 rings (SSSR count). The largest absolute Gasteiger partial charge is 0.339 e. The minimum Gasteiger partial charge on any atom is -0.339 e. The quantitative estimate of drug-likeness (QED) is 0.535. The predicted octanol–water partition coefficient (Wildman–Crippen LogP) is 3.05. The van der Waals surface area contributed by atoms with Crippen LogP contribution in [0.1, 0.15) is 16.2 Å². The molecule has 3 N–H and O–H groups in total. The van der Waals surface area contributed by atoms with E-state index in [0.29, 0.717) is 17.0 Å². The molecule has 0 aliphatic carbocycles. The zero-order chi connectivity index (χ0) is 17.4. The third-order valence-electron chi connectivity index (χ3n) is 3.82. The monoisotopic (exact) mass is 336 g/mol. The molecule has 0 aliphatic rings. The average Bonchev–Trinajstić information content (AvgIpc) is 3.21. The lowest BCUT2D eigenvalue weighted by Gasteiger charge is -2.02. The highest BCUT2D eigenvalue weighted by Crippen LogP contribution is 2.25. The van der Waals surface area contributed by atoms with Crippen LogP contribution in [0, 0.1) is 12.7 Å². The number of aromatic amines is 2. The fraction of sp³-hybridized carbons (Fsp3) is 0.0588. The van der Waals surface area contributed by atoms with Gasteiger partial charge in [-0.3, -0.25) is 4.79 Å². The first kappa shape index (κ1) is 15.0. The maximum atomic E-state index is 13.1. The Labute approximate surface area is 141 Å². The number of H-pyrrole nitrogens is 2. The Bertz CT molecular complexity index is 1070. The minimum absolute atomic E-state index is 0.237. The second-order valence-electron chi connectivity index (χ2n) is 5.56. The number of benzene rings is 1. The van der Waals surface area contributed by atoms with Gasteiger partial charge in [0, 0.05) is 11.1 Å². The summed E-state index contributed by atoms with van der Waals surface area (Å²) in [7, 11) is 0. The maximum absolute atomic E-state index is 13.1. The topological polar surface area (TPSA) is 99.3 Å². The molecule has 0 saturated carbocycles. The molecule has 1 aromatic carbocycles. The number of carbonyl (C=O) groups is 1. The van der Waals surface area contributed by atoms with Crippen molar-refractivity contribution in [2.24, 2.45) is 0 Å². The number of aryl methyl sites for hydroxylation is 1. The zero-order valence-electron chi connectivity index (χ0n) is 13.2. The van der Waals surface area contributed by atoms with Crippen LogP contribution < -0.4 is 5.32 Å². The summed E-state index contributed by atoms with van der Waals surface area (Å²) in [6.45, 7) is 1.70. The van der Waals surface area contributed by atoms with Crippen molar-refractivity contribution in [3.05, 3.63) is 59.8 Å². The lowest BCUT2D eigenvalue weighted by Crippen LogP contribution is -2.13. The Balaban J connectivity index is 1.63. The molecule has 3 aromatic heterocycles. The van der Waals surface area contributed by atoms with Gasteiger partial charge in [0.05, 0.1) is 17.6 Å². The molecular weight excluding hydrogens is 323 g/mol. The summed E-state index contributed by atoms with van der Waals surface area (Å²) in [6, 6.07) is 9.89. The molecule has 7 nitrogen and oxygen atoms in total. The van der Waals surface area contributed by atoms with Gasteiger partial charge in [-0.25, -0.2) is 9.37 Å². The van der Waals surface area contributed by atoms with Gasteiger partial charge in [0.25, 0.3) is 5.91 Å². The van der Waals surface area contributed by atoms with Crippen molar-refractivity contribution in [1.29, 1.82) is 0 Å². The lowest BCUT2D eigenvalue weighted by molar-refractivity contribution is 0.102. The molecule has 0 radical (unpaired) electrons. The van der Waals surface area contributed by atoms with Crippen LogP contribution in [-0.4, -0.2) is 31.3 Å². The normalized spacial score (nSPS) is 11.0. The van der Waals surface area contributed by atoms with Gasteiger partial charge in [-0.15, -0.1) is 0 Å². The Morgan fingerprint density at radius 2 is 1.96 bits per heavy atom. The van der Waals surface area contributed by atoms with E-state index in [2.05, 4.69) is 30.7 Å². The number of fused-ring (bicyclic) bond motifs is 1. The molecule has 0 atom stereocenters. The van der Waals surface area contributed by atoms with Gasteiger partial charge >= 0.3 is 0 Å². The number of hydrogen-bond donors (Lipinski definition) is 3.